The van der Waals surface area contributed by atoms with Gasteiger partial charge in [0.05, 0.1) is 6.21 Å². The molecule has 0 bridgehead atoms. The average Bonchev–Trinajstić information content (AvgIpc) is 1.90. The van der Waals surface area contributed by atoms with E-state index in [0.29, 0.717) is 13.1 Å². The molecule has 0 fully saturated rings. The van der Waals surface area contributed by atoms with Crippen LogP contribution in [-0.2, 0) is 4.79 Å². The molecule has 3 heteroatoms. The zero-order valence-corrected chi connectivity index (χ0v) is 5.85. The van der Waals surface area contributed by atoms with Gasteiger partial charge in [0.1, 0.15) is 0 Å². The lowest BCUT2D eigenvalue weighted by Crippen LogP contribution is -2.30. The van der Waals surface area contributed by atoms with Crippen LogP contribution in [0.1, 0.15) is 13.8 Å². The maximum absolute atomic E-state index is 10.7. The predicted molar refractivity (Wildman–Crippen MR) is 36.7 cm³/mol. The molecule has 0 radical (unpaired) electrons. The van der Waals surface area contributed by atoms with Crippen molar-refractivity contribution in [3.8, 4) is 0 Å². The Morgan fingerprint density at radius 3 is 2.11 bits per heavy atom. The molecular formula is C6H12N2O. The second kappa shape index (κ2) is 4.06. The van der Waals surface area contributed by atoms with E-state index in [2.05, 4.69) is 0 Å². The monoisotopic (exact) mass is 128 g/mol. The zero-order valence-electron chi connectivity index (χ0n) is 5.85. The lowest BCUT2D eigenvalue weighted by molar-refractivity contribution is -0.123. The standard InChI is InChI=1S/C6H12N2O/c1-3-8(4-2)6(9)5-7/h5,7H,3-4H2,1-2H3. The summed E-state index contributed by atoms with van der Waals surface area (Å²) in [5, 5.41) is 6.63. The van der Waals surface area contributed by atoms with Gasteiger partial charge in [-0.2, -0.15) is 0 Å². The molecule has 0 aromatic heterocycles. The van der Waals surface area contributed by atoms with Crippen LogP contribution in [0.2, 0.25) is 0 Å². The van der Waals surface area contributed by atoms with E-state index in [1.807, 2.05) is 13.8 Å². The number of amides is 1. The summed E-state index contributed by atoms with van der Waals surface area (Å²) < 4.78 is 0. The van der Waals surface area contributed by atoms with Crippen molar-refractivity contribution in [2.45, 2.75) is 13.8 Å². The number of hydrogen-bond acceptors (Lipinski definition) is 2. The topological polar surface area (TPSA) is 44.2 Å². The van der Waals surface area contributed by atoms with Crippen LogP contribution in [0.4, 0.5) is 0 Å². The molecule has 0 rings (SSSR count). The summed E-state index contributed by atoms with van der Waals surface area (Å²) in [5.74, 6) is -0.208. The molecule has 0 spiro atoms. The Morgan fingerprint density at radius 1 is 1.56 bits per heavy atom. The van der Waals surface area contributed by atoms with E-state index in [9.17, 15) is 4.79 Å². The van der Waals surface area contributed by atoms with Gasteiger partial charge in [0.25, 0.3) is 5.91 Å². The fourth-order valence-corrected chi connectivity index (χ4v) is 0.627. The second-order valence-electron chi connectivity index (χ2n) is 1.65. The summed E-state index contributed by atoms with van der Waals surface area (Å²) in [6.07, 6.45) is 0.840. The predicted octanol–water partition coefficient (Wildman–Crippen LogP) is 0.504. The van der Waals surface area contributed by atoms with Gasteiger partial charge in [0.2, 0.25) is 0 Å². The molecule has 0 aromatic rings. The fourth-order valence-electron chi connectivity index (χ4n) is 0.627. The molecule has 0 aliphatic carbocycles. The quantitative estimate of drug-likeness (QED) is 0.553. The first-order chi connectivity index (χ1) is 4.26. The normalized spacial score (nSPS) is 8.67. The number of carbonyl (C=O) groups excluding carboxylic acids is 1. The van der Waals surface area contributed by atoms with Crippen molar-refractivity contribution in [1.82, 2.24) is 4.90 Å². The summed E-state index contributed by atoms with van der Waals surface area (Å²) in [7, 11) is 0. The van der Waals surface area contributed by atoms with E-state index in [1.54, 1.807) is 4.90 Å². The molecule has 0 atom stereocenters. The van der Waals surface area contributed by atoms with E-state index < -0.39 is 0 Å². The maximum atomic E-state index is 10.7. The first-order valence-electron chi connectivity index (χ1n) is 3.05. The maximum Gasteiger partial charge on any atom is 0.264 e. The minimum Gasteiger partial charge on any atom is -0.338 e. The lowest BCUT2D eigenvalue weighted by Gasteiger charge is -2.14. The molecule has 3 nitrogen and oxygen atoms in total. The Labute approximate surface area is 55.2 Å². The fraction of sp³-hybridized carbons (Fsp3) is 0.667. The molecule has 0 aliphatic rings. The van der Waals surface area contributed by atoms with Crippen LogP contribution in [0.15, 0.2) is 0 Å². The number of nitrogens with zero attached hydrogens (tertiary/aromatic N) is 1. The van der Waals surface area contributed by atoms with Gasteiger partial charge in [-0.25, -0.2) is 0 Å². The van der Waals surface area contributed by atoms with Crippen LogP contribution in [0, 0.1) is 5.41 Å². The number of rotatable bonds is 3. The number of nitrogens with one attached hydrogen (secondary N) is 1. The van der Waals surface area contributed by atoms with Crippen molar-refractivity contribution < 1.29 is 4.79 Å². The van der Waals surface area contributed by atoms with E-state index in [1.165, 1.54) is 0 Å². The molecule has 0 heterocycles. The first-order valence-corrected chi connectivity index (χ1v) is 3.05. The second-order valence-corrected chi connectivity index (χ2v) is 1.65. The van der Waals surface area contributed by atoms with Gasteiger partial charge in [-0.3, -0.25) is 4.79 Å². The van der Waals surface area contributed by atoms with Crippen LogP contribution in [-0.4, -0.2) is 30.1 Å². The van der Waals surface area contributed by atoms with E-state index in [4.69, 9.17) is 5.41 Å². The van der Waals surface area contributed by atoms with Crippen molar-refractivity contribution in [3.05, 3.63) is 0 Å². The van der Waals surface area contributed by atoms with Crippen molar-refractivity contribution >= 4 is 12.1 Å². The molecule has 9 heavy (non-hydrogen) atoms. The van der Waals surface area contributed by atoms with Crippen molar-refractivity contribution in [2.24, 2.45) is 0 Å². The Morgan fingerprint density at radius 2 is 2.00 bits per heavy atom. The minimum atomic E-state index is -0.208. The SMILES string of the molecule is CCN(CC)C(=O)C=N. The molecule has 0 aliphatic heterocycles. The smallest absolute Gasteiger partial charge is 0.264 e. The van der Waals surface area contributed by atoms with Gasteiger partial charge >= 0.3 is 0 Å². The minimum absolute atomic E-state index is 0.208. The molecule has 52 valence electrons. The van der Waals surface area contributed by atoms with E-state index in [0.717, 1.165) is 6.21 Å². The highest BCUT2D eigenvalue weighted by molar-refractivity contribution is 6.24. The summed E-state index contributed by atoms with van der Waals surface area (Å²) >= 11 is 0. The van der Waals surface area contributed by atoms with Gasteiger partial charge in [-0.05, 0) is 13.8 Å². The van der Waals surface area contributed by atoms with Crippen LogP contribution in [0.25, 0.3) is 0 Å². The Hall–Kier alpha value is -0.860. The summed E-state index contributed by atoms with van der Waals surface area (Å²) in [4.78, 5) is 12.2. The van der Waals surface area contributed by atoms with Crippen molar-refractivity contribution in [2.75, 3.05) is 13.1 Å². The average molecular weight is 128 g/mol. The van der Waals surface area contributed by atoms with Gasteiger partial charge in [-0.15, -0.1) is 0 Å². The summed E-state index contributed by atoms with van der Waals surface area (Å²) in [6, 6.07) is 0. The highest BCUT2D eigenvalue weighted by Crippen LogP contribution is 1.84. The third-order valence-electron chi connectivity index (χ3n) is 1.20. The first kappa shape index (κ1) is 8.14. The van der Waals surface area contributed by atoms with Gasteiger partial charge in [-0.1, -0.05) is 0 Å². The summed E-state index contributed by atoms with van der Waals surface area (Å²) in [5.41, 5.74) is 0. The molecule has 0 saturated heterocycles. The largest absolute Gasteiger partial charge is 0.338 e. The van der Waals surface area contributed by atoms with Crippen molar-refractivity contribution in [3.63, 3.8) is 0 Å². The lowest BCUT2D eigenvalue weighted by atomic mass is 10.5. The van der Waals surface area contributed by atoms with Crippen LogP contribution in [0.3, 0.4) is 0 Å². The Bertz CT molecular complexity index is 108. The van der Waals surface area contributed by atoms with Crippen LogP contribution < -0.4 is 0 Å². The zero-order chi connectivity index (χ0) is 7.28. The number of hydrogen-bond donors (Lipinski definition) is 1. The van der Waals surface area contributed by atoms with Crippen molar-refractivity contribution in [1.29, 1.82) is 5.41 Å². The molecule has 0 unspecified atom stereocenters. The van der Waals surface area contributed by atoms with Gasteiger partial charge < -0.3 is 10.3 Å². The highest BCUT2D eigenvalue weighted by Gasteiger charge is 2.03. The molecule has 1 N–H and O–H groups in total. The molecule has 0 aromatic carbocycles. The summed E-state index contributed by atoms with van der Waals surface area (Å²) in [6.45, 7) is 5.16. The molecule has 1 amide bonds. The Balaban J connectivity index is 3.78. The molecule has 0 saturated carbocycles. The van der Waals surface area contributed by atoms with E-state index in [-0.39, 0.29) is 5.91 Å². The van der Waals surface area contributed by atoms with Crippen LogP contribution in [0.5, 0.6) is 0 Å². The Kier molecular flexibility index (Phi) is 3.67. The molecular weight excluding hydrogens is 116 g/mol. The van der Waals surface area contributed by atoms with E-state index >= 15 is 0 Å². The van der Waals surface area contributed by atoms with Gasteiger partial charge in [0.15, 0.2) is 0 Å². The number of carbonyl (C=O) groups is 1. The van der Waals surface area contributed by atoms with Gasteiger partial charge in [0, 0.05) is 13.1 Å². The van der Waals surface area contributed by atoms with Crippen LogP contribution >= 0.6 is 0 Å². The third kappa shape index (κ3) is 2.26. The third-order valence-corrected chi connectivity index (χ3v) is 1.20. The highest BCUT2D eigenvalue weighted by atomic mass is 16.2.